The SMILES string of the molecule is C=CCn1nnc(-c2cc(I)c(OC)c(OCC)c2)n1. The molecule has 0 aliphatic heterocycles. The summed E-state index contributed by atoms with van der Waals surface area (Å²) in [6.45, 7) is 6.66. The fourth-order valence-corrected chi connectivity index (χ4v) is 2.53. The van der Waals surface area contributed by atoms with Crippen molar-refractivity contribution in [3.63, 3.8) is 0 Å². The lowest BCUT2D eigenvalue weighted by atomic mass is 10.2. The molecular weight excluding hydrogens is 371 g/mol. The van der Waals surface area contributed by atoms with E-state index in [-0.39, 0.29) is 0 Å². The van der Waals surface area contributed by atoms with Crippen molar-refractivity contribution < 1.29 is 9.47 Å². The first-order valence-corrected chi connectivity index (χ1v) is 7.16. The lowest BCUT2D eigenvalue weighted by Gasteiger charge is -2.12. The molecule has 1 aromatic carbocycles. The molecule has 0 radical (unpaired) electrons. The monoisotopic (exact) mass is 386 g/mol. The minimum atomic E-state index is 0.526. The van der Waals surface area contributed by atoms with E-state index in [1.807, 2.05) is 19.1 Å². The Balaban J connectivity index is 2.42. The molecule has 1 heterocycles. The van der Waals surface area contributed by atoms with E-state index < -0.39 is 0 Å². The van der Waals surface area contributed by atoms with Gasteiger partial charge < -0.3 is 9.47 Å². The van der Waals surface area contributed by atoms with Gasteiger partial charge >= 0.3 is 0 Å². The van der Waals surface area contributed by atoms with Crippen LogP contribution in [-0.2, 0) is 6.54 Å². The van der Waals surface area contributed by atoms with Crippen molar-refractivity contribution in [3.8, 4) is 22.9 Å². The highest BCUT2D eigenvalue weighted by atomic mass is 127. The molecule has 0 aliphatic carbocycles. The summed E-state index contributed by atoms with van der Waals surface area (Å²) in [6, 6.07) is 3.80. The van der Waals surface area contributed by atoms with E-state index in [0.717, 1.165) is 14.9 Å². The summed E-state index contributed by atoms with van der Waals surface area (Å²) < 4.78 is 11.9. The summed E-state index contributed by atoms with van der Waals surface area (Å²) in [6.07, 6.45) is 1.72. The molecule has 0 amide bonds. The number of ether oxygens (including phenoxy) is 2. The molecule has 0 spiro atoms. The van der Waals surface area contributed by atoms with Crippen molar-refractivity contribution in [1.29, 1.82) is 0 Å². The Hall–Kier alpha value is -1.64. The molecule has 0 aliphatic rings. The van der Waals surface area contributed by atoms with Gasteiger partial charge in [-0.3, -0.25) is 0 Å². The molecule has 20 heavy (non-hydrogen) atoms. The third-order valence-electron chi connectivity index (χ3n) is 2.52. The number of allylic oxidation sites excluding steroid dienone is 1. The summed E-state index contributed by atoms with van der Waals surface area (Å²) in [4.78, 5) is 1.49. The smallest absolute Gasteiger partial charge is 0.205 e. The standard InChI is InChI=1S/C13H15IN4O2/c1-4-6-18-16-13(15-17-18)9-7-10(14)12(19-3)11(8-9)20-5-2/h4,7-8H,1,5-6H2,2-3H3. The molecule has 6 nitrogen and oxygen atoms in total. The normalized spacial score (nSPS) is 10.3. The molecular formula is C13H15IN4O2. The third-order valence-corrected chi connectivity index (χ3v) is 3.32. The fourth-order valence-electron chi connectivity index (χ4n) is 1.71. The molecule has 2 rings (SSSR count). The van der Waals surface area contributed by atoms with Gasteiger partial charge in [0.05, 0.1) is 23.8 Å². The van der Waals surface area contributed by atoms with E-state index in [1.54, 1.807) is 13.2 Å². The van der Waals surface area contributed by atoms with Crippen LogP contribution in [0.3, 0.4) is 0 Å². The van der Waals surface area contributed by atoms with Crippen molar-refractivity contribution in [2.24, 2.45) is 0 Å². The maximum Gasteiger partial charge on any atom is 0.205 e. The van der Waals surface area contributed by atoms with E-state index in [1.165, 1.54) is 4.80 Å². The van der Waals surface area contributed by atoms with Gasteiger partial charge in [0.25, 0.3) is 0 Å². The number of tetrazole rings is 1. The maximum atomic E-state index is 5.60. The quantitative estimate of drug-likeness (QED) is 0.564. The fraction of sp³-hybridized carbons (Fsp3) is 0.308. The first-order chi connectivity index (χ1) is 9.69. The third kappa shape index (κ3) is 3.09. The highest BCUT2D eigenvalue weighted by molar-refractivity contribution is 14.1. The second kappa shape index (κ2) is 6.69. The summed E-state index contributed by atoms with van der Waals surface area (Å²) in [5, 5.41) is 12.3. The Morgan fingerprint density at radius 1 is 1.45 bits per heavy atom. The van der Waals surface area contributed by atoms with Gasteiger partial charge in [-0.2, -0.15) is 4.80 Å². The van der Waals surface area contributed by atoms with Crippen molar-refractivity contribution in [1.82, 2.24) is 20.2 Å². The predicted molar refractivity (Wildman–Crippen MR) is 83.9 cm³/mol. The van der Waals surface area contributed by atoms with Gasteiger partial charge in [0.15, 0.2) is 11.5 Å². The van der Waals surface area contributed by atoms with Crippen LogP contribution in [0.15, 0.2) is 24.8 Å². The highest BCUT2D eigenvalue weighted by Crippen LogP contribution is 2.36. The average molecular weight is 386 g/mol. The highest BCUT2D eigenvalue weighted by Gasteiger charge is 2.14. The van der Waals surface area contributed by atoms with E-state index in [2.05, 4.69) is 44.6 Å². The summed E-state index contributed by atoms with van der Waals surface area (Å²) in [5.41, 5.74) is 0.842. The summed E-state index contributed by atoms with van der Waals surface area (Å²) in [5.74, 6) is 1.94. The molecule has 0 atom stereocenters. The number of hydrogen-bond donors (Lipinski definition) is 0. The van der Waals surface area contributed by atoms with Gasteiger partial charge in [0.2, 0.25) is 5.82 Å². The first-order valence-electron chi connectivity index (χ1n) is 6.09. The predicted octanol–water partition coefficient (Wildman–Crippen LogP) is 2.54. The molecule has 0 saturated heterocycles. The molecule has 0 unspecified atom stereocenters. The number of halogens is 1. The van der Waals surface area contributed by atoms with Crippen molar-refractivity contribution in [3.05, 3.63) is 28.4 Å². The topological polar surface area (TPSA) is 62.1 Å². The van der Waals surface area contributed by atoms with Gasteiger partial charge in [-0.1, -0.05) is 6.08 Å². The van der Waals surface area contributed by atoms with Gasteiger partial charge in [-0.05, 0) is 46.9 Å². The van der Waals surface area contributed by atoms with Crippen LogP contribution < -0.4 is 9.47 Å². The van der Waals surface area contributed by atoms with Crippen molar-refractivity contribution in [2.75, 3.05) is 13.7 Å². The Bertz CT molecular complexity index is 612. The zero-order valence-corrected chi connectivity index (χ0v) is 13.5. The Kier molecular flexibility index (Phi) is 4.94. The van der Waals surface area contributed by atoms with Crippen LogP contribution in [0.5, 0.6) is 11.5 Å². The molecule has 0 fully saturated rings. The molecule has 0 bridgehead atoms. The van der Waals surface area contributed by atoms with Crippen LogP contribution in [0.25, 0.3) is 11.4 Å². The minimum Gasteiger partial charge on any atom is -0.492 e. The lowest BCUT2D eigenvalue weighted by molar-refractivity contribution is 0.310. The van der Waals surface area contributed by atoms with Crippen molar-refractivity contribution >= 4 is 22.6 Å². The van der Waals surface area contributed by atoms with Crippen LogP contribution >= 0.6 is 22.6 Å². The lowest BCUT2D eigenvalue weighted by Crippen LogP contribution is -2.00. The van der Waals surface area contributed by atoms with Crippen molar-refractivity contribution in [2.45, 2.75) is 13.5 Å². The number of rotatable bonds is 6. The number of nitrogens with zero attached hydrogens (tertiary/aromatic N) is 4. The molecule has 0 N–H and O–H groups in total. The van der Waals surface area contributed by atoms with Gasteiger partial charge in [-0.15, -0.1) is 16.8 Å². The second-order valence-electron chi connectivity index (χ2n) is 3.88. The van der Waals surface area contributed by atoms with Gasteiger partial charge in [0, 0.05) is 5.56 Å². The Morgan fingerprint density at radius 2 is 2.25 bits per heavy atom. The number of hydrogen-bond acceptors (Lipinski definition) is 5. The van der Waals surface area contributed by atoms with Crippen LogP contribution in [0.2, 0.25) is 0 Å². The zero-order chi connectivity index (χ0) is 14.5. The molecule has 0 saturated carbocycles. The van der Waals surface area contributed by atoms with Gasteiger partial charge in [-0.25, -0.2) is 0 Å². The van der Waals surface area contributed by atoms with Crippen LogP contribution in [0.1, 0.15) is 6.92 Å². The average Bonchev–Trinajstić information content (AvgIpc) is 2.88. The molecule has 7 heteroatoms. The molecule has 2 aromatic rings. The van der Waals surface area contributed by atoms with Crippen LogP contribution in [0, 0.1) is 3.57 Å². The van der Waals surface area contributed by atoms with E-state index in [0.29, 0.717) is 24.7 Å². The number of benzene rings is 1. The van der Waals surface area contributed by atoms with E-state index in [4.69, 9.17) is 9.47 Å². The van der Waals surface area contributed by atoms with E-state index in [9.17, 15) is 0 Å². The summed E-state index contributed by atoms with van der Waals surface area (Å²) in [7, 11) is 1.62. The van der Waals surface area contributed by atoms with Crippen LogP contribution in [0.4, 0.5) is 0 Å². The Morgan fingerprint density at radius 3 is 2.90 bits per heavy atom. The Labute approximate surface area is 130 Å². The number of aromatic nitrogens is 4. The largest absolute Gasteiger partial charge is 0.492 e. The minimum absolute atomic E-state index is 0.526. The molecule has 106 valence electrons. The second-order valence-corrected chi connectivity index (χ2v) is 5.04. The zero-order valence-electron chi connectivity index (χ0n) is 11.3. The van der Waals surface area contributed by atoms with Gasteiger partial charge in [0.1, 0.15) is 0 Å². The molecule has 1 aromatic heterocycles. The first kappa shape index (κ1) is 14.8. The summed E-state index contributed by atoms with van der Waals surface area (Å²) >= 11 is 2.20. The maximum absolute atomic E-state index is 5.60. The number of methoxy groups -OCH3 is 1. The van der Waals surface area contributed by atoms with E-state index >= 15 is 0 Å². The van der Waals surface area contributed by atoms with Crippen LogP contribution in [-0.4, -0.2) is 33.9 Å².